The molecule has 0 radical (unpaired) electrons. The third kappa shape index (κ3) is 7.71. The van der Waals surface area contributed by atoms with Gasteiger partial charge in [-0.15, -0.1) is 0 Å². The Hall–Kier alpha value is -6.40. The number of rotatable bonds is 10. The quantitative estimate of drug-likeness (QED) is 0.0591. The fourth-order valence-corrected chi connectivity index (χ4v) is 10.9. The second-order valence-corrected chi connectivity index (χ2v) is 21.8. The summed E-state index contributed by atoms with van der Waals surface area (Å²) in [5, 5.41) is 6.82. The van der Waals surface area contributed by atoms with Gasteiger partial charge in [0.2, 0.25) is 0 Å². The van der Waals surface area contributed by atoms with Crippen molar-refractivity contribution >= 4 is 60.7 Å². The van der Waals surface area contributed by atoms with Gasteiger partial charge >= 0.3 is 11.9 Å². The minimum absolute atomic E-state index is 0.0549. The van der Waals surface area contributed by atoms with E-state index >= 15 is 0 Å². The minimum atomic E-state index is -0.707. The van der Waals surface area contributed by atoms with Crippen molar-refractivity contribution in [2.24, 2.45) is 10.8 Å². The maximum atomic E-state index is 13.8. The maximum absolute atomic E-state index is 13.8. The van der Waals surface area contributed by atoms with Gasteiger partial charge in [-0.25, -0.2) is 9.59 Å². The average Bonchev–Trinajstić information content (AvgIpc) is 3.21. The van der Waals surface area contributed by atoms with Crippen LogP contribution in [-0.4, -0.2) is 26.0 Å². The monoisotopic (exact) mass is 849 g/mol. The molecule has 0 amide bonds. The van der Waals surface area contributed by atoms with Crippen LogP contribution < -0.4 is 14.4 Å². The number of cyclic esters (lactones) is 2. The molecule has 0 spiro atoms. The van der Waals surface area contributed by atoms with E-state index in [1.165, 1.54) is 11.1 Å². The van der Waals surface area contributed by atoms with Gasteiger partial charge in [0.15, 0.2) is 0 Å². The first-order valence-electron chi connectivity index (χ1n) is 22.4. The number of fused-ring (bicyclic) bond motifs is 2. The van der Waals surface area contributed by atoms with Crippen LogP contribution in [-0.2, 0) is 15.6 Å². The Morgan fingerprint density at radius 3 is 1.38 bits per heavy atom. The first kappa shape index (κ1) is 42.9. The summed E-state index contributed by atoms with van der Waals surface area (Å²) >= 11 is 0. The van der Waals surface area contributed by atoms with Crippen molar-refractivity contribution in [1.29, 1.82) is 0 Å². The third-order valence-corrected chi connectivity index (χ3v) is 12.9. The van der Waals surface area contributed by atoms with Crippen LogP contribution in [0, 0.1) is 10.8 Å². The van der Waals surface area contributed by atoms with Crippen LogP contribution in [0.2, 0.25) is 0 Å². The Morgan fingerprint density at radius 2 is 0.922 bits per heavy atom. The first-order valence-corrected chi connectivity index (χ1v) is 22.4. The van der Waals surface area contributed by atoms with E-state index in [4.69, 9.17) is 14.2 Å². The van der Waals surface area contributed by atoms with Gasteiger partial charge in [0.1, 0.15) is 23.0 Å². The van der Waals surface area contributed by atoms with E-state index in [1.807, 2.05) is 38.4 Å². The number of hydrogen-bond acceptors (Lipinski definition) is 6. The molecule has 0 saturated heterocycles. The van der Waals surface area contributed by atoms with Crippen molar-refractivity contribution in [2.45, 2.75) is 92.9 Å². The molecule has 64 heavy (non-hydrogen) atoms. The molecule has 0 unspecified atom stereocenters. The van der Waals surface area contributed by atoms with E-state index in [2.05, 4.69) is 153 Å². The van der Waals surface area contributed by atoms with Crippen molar-refractivity contribution in [3.8, 4) is 34.1 Å². The predicted molar refractivity (Wildman–Crippen MR) is 264 cm³/mol. The lowest BCUT2D eigenvalue weighted by molar-refractivity contribution is 0.0390. The Kier molecular flexibility index (Phi) is 10.1. The molecule has 0 fully saturated rings. The molecule has 6 heteroatoms. The van der Waals surface area contributed by atoms with Crippen LogP contribution in [0.15, 0.2) is 115 Å². The number of carbonyl (C=O) groups is 2. The molecular formula is C58H59NO5. The van der Waals surface area contributed by atoms with Crippen LogP contribution in [0.3, 0.4) is 0 Å². The summed E-state index contributed by atoms with van der Waals surface area (Å²) in [5.74, 6) is 0.835. The second-order valence-electron chi connectivity index (χ2n) is 21.8. The molecule has 0 saturated carbocycles. The zero-order valence-electron chi connectivity index (χ0n) is 39.4. The maximum Gasteiger partial charge on any atom is 0.346 e. The normalized spacial score (nSPS) is 13.6. The second kappa shape index (κ2) is 15.1. The van der Waals surface area contributed by atoms with E-state index in [9.17, 15) is 9.59 Å². The van der Waals surface area contributed by atoms with E-state index in [0.717, 1.165) is 67.4 Å². The van der Waals surface area contributed by atoms with Gasteiger partial charge in [0.05, 0.1) is 11.1 Å². The van der Waals surface area contributed by atoms with Crippen LogP contribution >= 0.6 is 0 Å². The largest absolute Gasteiger partial charge is 0.457 e. The highest BCUT2D eigenvalue weighted by atomic mass is 16.6. The van der Waals surface area contributed by atoms with E-state index in [1.54, 1.807) is 12.1 Å². The zero-order chi connectivity index (χ0) is 45.7. The molecule has 1 heterocycles. The molecule has 6 nitrogen and oxygen atoms in total. The number of anilines is 1. The Bertz CT molecular complexity index is 2980. The molecule has 0 bridgehead atoms. The molecule has 8 aromatic carbocycles. The molecule has 9 rings (SSSR count). The molecule has 1 aliphatic heterocycles. The molecule has 0 N–H and O–H groups in total. The Labute approximate surface area is 377 Å². The topological polar surface area (TPSA) is 65.1 Å². The van der Waals surface area contributed by atoms with Gasteiger partial charge in [-0.2, -0.15) is 0 Å². The third-order valence-electron chi connectivity index (χ3n) is 12.9. The Morgan fingerprint density at radius 1 is 0.469 bits per heavy atom. The van der Waals surface area contributed by atoms with Crippen molar-refractivity contribution < 1.29 is 23.8 Å². The molecule has 0 aliphatic carbocycles. The number of carbonyl (C=O) groups excluding carboxylic acids is 2. The smallest absolute Gasteiger partial charge is 0.346 e. The molecule has 8 aromatic rings. The highest BCUT2D eigenvalue weighted by Gasteiger charge is 2.35. The van der Waals surface area contributed by atoms with Crippen LogP contribution in [0.1, 0.15) is 114 Å². The average molecular weight is 850 g/mol. The van der Waals surface area contributed by atoms with Gasteiger partial charge in [-0.05, 0) is 127 Å². The molecular weight excluding hydrogens is 791 g/mol. The van der Waals surface area contributed by atoms with Gasteiger partial charge in [-0.1, -0.05) is 136 Å². The lowest BCUT2D eigenvalue weighted by Crippen LogP contribution is -2.24. The fraction of sp³-hybridized carbons (Fsp3) is 0.310. The number of nitrogens with zero attached hydrogens (tertiary/aromatic N) is 1. The number of esters is 2. The summed E-state index contributed by atoms with van der Waals surface area (Å²) in [7, 11) is 4.09. The summed E-state index contributed by atoms with van der Waals surface area (Å²) in [6, 6.07) is 39.4. The van der Waals surface area contributed by atoms with Crippen molar-refractivity contribution in [1.82, 2.24) is 0 Å². The number of benzene rings is 8. The van der Waals surface area contributed by atoms with Crippen molar-refractivity contribution in [2.75, 3.05) is 19.0 Å². The van der Waals surface area contributed by atoms with Crippen LogP contribution in [0.5, 0.6) is 23.0 Å². The van der Waals surface area contributed by atoms with E-state index in [-0.39, 0.29) is 32.8 Å². The van der Waals surface area contributed by atoms with Gasteiger partial charge < -0.3 is 19.1 Å². The summed E-state index contributed by atoms with van der Waals surface area (Å²) < 4.78 is 19.3. The highest BCUT2D eigenvalue weighted by Crippen LogP contribution is 2.53. The molecule has 0 aromatic heterocycles. The first-order chi connectivity index (χ1) is 30.1. The number of hydrogen-bond donors (Lipinski definition) is 0. The minimum Gasteiger partial charge on any atom is -0.457 e. The summed E-state index contributed by atoms with van der Waals surface area (Å²) in [6.45, 7) is 22.7. The molecule has 0 atom stereocenters. The Balaban J connectivity index is 1.30. The van der Waals surface area contributed by atoms with Crippen LogP contribution in [0.4, 0.5) is 5.69 Å². The summed E-state index contributed by atoms with van der Waals surface area (Å²) in [5.41, 5.74) is 6.49. The molecule has 1 aliphatic rings. The van der Waals surface area contributed by atoms with Gasteiger partial charge in [0.25, 0.3) is 0 Å². The van der Waals surface area contributed by atoms with Gasteiger partial charge in [0, 0.05) is 41.3 Å². The zero-order valence-corrected chi connectivity index (χ0v) is 39.4. The summed E-state index contributed by atoms with van der Waals surface area (Å²) in [6.07, 6.45) is 2.03. The highest BCUT2D eigenvalue weighted by molar-refractivity contribution is 6.40. The summed E-state index contributed by atoms with van der Waals surface area (Å²) in [4.78, 5) is 29.8. The lowest BCUT2D eigenvalue weighted by atomic mass is 9.72. The fourth-order valence-electron chi connectivity index (χ4n) is 10.9. The van der Waals surface area contributed by atoms with Crippen molar-refractivity contribution in [3.63, 3.8) is 0 Å². The lowest BCUT2D eigenvalue weighted by Gasteiger charge is -2.33. The van der Waals surface area contributed by atoms with Crippen LogP contribution in [0.25, 0.3) is 54.2 Å². The predicted octanol–water partition coefficient (Wildman–Crippen LogP) is 15.8. The molecule has 326 valence electrons. The van der Waals surface area contributed by atoms with Gasteiger partial charge in [-0.3, -0.25) is 0 Å². The van der Waals surface area contributed by atoms with E-state index in [0.29, 0.717) is 28.4 Å². The standard InChI is InChI=1S/C58H59NO5/c1-55(2,3)32-57(7,8)35-18-24-38(25-19-35)62-46-30-44-49-45(54(61)64-53(44)60)31-47(63-39-26-20-36(21-27-39)58(9,10)33-56(4,5)6)51-43-29-28-40(34-16-22-37(23-17-34)59(11)12)41-14-13-15-42(48(41)43)50(46)52(49)51/h13-31H,32-33H2,1-12H3. The van der Waals surface area contributed by atoms with E-state index < -0.39 is 11.9 Å². The SMILES string of the molecule is CN(C)c1ccc(-c2ccc3c4c(Oc5ccc(C(C)(C)CC(C)(C)C)cc5)cc5c6c(cc(Oc7ccc(C(C)(C)CC(C)(C)C)cc7)c(c7cccc2c73)c64)C(=O)OC5=O)cc1. The number of ether oxygens (including phenoxy) is 3. The van der Waals surface area contributed by atoms with Crippen molar-refractivity contribution in [3.05, 3.63) is 138 Å².